The first-order valence-electron chi connectivity index (χ1n) is 10.8. The molecular formula is C26H36N2O4. The van der Waals surface area contributed by atoms with Crippen LogP contribution >= 0.6 is 0 Å². The molecule has 6 nitrogen and oxygen atoms in total. The SMILES string of the molecule is CN(C)c1ccc(C(=O)OC(C)(C)CCOC(C)(C)C(=O)c2ccc(N(C)C)cc2)cc1. The molecule has 32 heavy (non-hydrogen) atoms. The molecule has 0 bridgehead atoms. The van der Waals surface area contributed by atoms with E-state index in [1.165, 1.54) is 0 Å². The highest BCUT2D eigenvalue weighted by Gasteiger charge is 2.31. The quantitative estimate of drug-likeness (QED) is 0.390. The molecule has 0 heterocycles. The van der Waals surface area contributed by atoms with Crippen LogP contribution < -0.4 is 9.80 Å². The van der Waals surface area contributed by atoms with Gasteiger partial charge in [-0.05, 0) is 76.2 Å². The van der Waals surface area contributed by atoms with Gasteiger partial charge in [-0.2, -0.15) is 0 Å². The number of rotatable bonds is 10. The van der Waals surface area contributed by atoms with Crippen molar-refractivity contribution in [2.24, 2.45) is 0 Å². The molecule has 174 valence electrons. The number of benzene rings is 2. The van der Waals surface area contributed by atoms with Gasteiger partial charge < -0.3 is 19.3 Å². The summed E-state index contributed by atoms with van der Waals surface area (Å²) < 4.78 is 11.6. The molecule has 0 saturated heterocycles. The Morgan fingerprint density at radius 2 is 1.19 bits per heavy atom. The molecule has 0 aromatic heterocycles. The van der Waals surface area contributed by atoms with E-state index in [0.717, 1.165) is 11.4 Å². The fourth-order valence-corrected chi connectivity index (χ4v) is 3.13. The maximum atomic E-state index is 12.9. The van der Waals surface area contributed by atoms with E-state index in [0.29, 0.717) is 17.5 Å². The number of Topliss-reactive ketones (excluding diaryl/α,β-unsaturated/α-hetero) is 1. The van der Waals surface area contributed by atoms with Gasteiger partial charge in [0.1, 0.15) is 11.2 Å². The first-order valence-corrected chi connectivity index (χ1v) is 10.8. The summed E-state index contributed by atoms with van der Waals surface area (Å²) in [6.07, 6.45) is 0.463. The Hall–Kier alpha value is -2.86. The number of esters is 1. The van der Waals surface area contributed by atoms with Gasteiger partial charge in [0, 0.05) is 51.5 Å². The Morgan fingerprint density at radius 3 is 1.62 bits per heavy atom. The molecule has 0 aliphatic rings. The predicted octanol–water partition coefficient (Wildman–Crippen LogP) is 4.82. The molecule has 0 fully saturated rings. The molecule has 2 aromatic rings. The van der Waals surface area contributed by atoms with E-state index in [1.807, 2.05) is 88.2 Å². The highest BCUT2D eigenvalue weighted by Crippen LogP contribution is 2.23. The summed E-state index contributed by atoms with van der Waals surface area (Å²) in [5.74, 6) is -0.463. The largest absolute Gasteiger partial charge is 0.456 e. The number of hydrogen-bond acceptors (Lipinski definition) is 6. The van der Waals surface area contributed by atoms with E-state index in [4.69, 9.17) is 9.47 Å². The van der Waals surface area contributed by atoms with Crippen LogP contribution in [0.2, 0.25) is 0 Å². The Labute approximate surface area is 192 Å². The Kier molecular flexibility index (Phi) is 8.07. The smallest absolute Gasteiger partial charge is 0.338 e. The van der Waals surface area contributed by atoms with Crippen LogP contribution in [-0.2, 0) is 9.47 Å². The summed E-state index contributed by atoms with van der Waals surface area (Å²) in [6.45, 7) is 7.50. The minimum atomic E-state index is -0.984. The minimum Gasteiger partial charge on any atom is -0.456 e. The predicted molar refractivity (Wildman–Crippen MR) is 130 cm³/mol. The van der Waals surface area contributed by atoms with E-state index >= 15 is 0 Å². The van der Waals surface area contributed by atoms with Crippen molar-refractivity contribution in [3.63, 3.8) is 0 Å². The molecule has 0 saturated carbocycles. The second kappa shape index (κ2) is 10.2. The fraction of sp³-hybridized carbons (Fsp3) is 0.462. The number of anilines is 2. The lowest BCUT2D eigenvalue weighted by Gasteiger charge is -2.29. The van der Waals surface area contributed by atoms with E-state index in [2.05, 4.69) is 0 Å². The van der Waals surface area contributed by atoms with Crippen LogP contribution in [0.1, 0.15) is 54.8 Å². The van der Waals surface area contributed by atoms with Crippen molar-refractivity contribution in [2.45, 2.75) is 45.3 Å². The first-order chi connectivity index (χ1) is 14.8. The molecule has 2 rings (SSSR count). The zero-order valence-corrected chi connectivity index (χ0v) is 20.6. The van der Waals surface area contributed by atoms with Gasteiger partial charge in [-0.3, -0.25) is 4.79 Å². The van der Waals surface area contributed by atoms with Crippen LogP contribution in [0.5, 0.6) is 0 Å². The van der Waals surface area contributed by atoms with Crippen LogP contribution in [0.25, 0.3) is 0 Å². The second-order valence-electron chi connectivity index (χ2n) is 9.47. The molecule has 0 aliphatic heterocycles. The Morgan fingerprint density at radius 1 is 0.750 bits per heavy atom. The molecule has 0 aliphatic carbocycles. The summed E-state index contributed by atoms with van der Waals surface area (Å²) in [4.78, 5) is 29.4. The Bertz CT molecular complexity index is 914. The van der Waals surface area contributed by atoms with E-state index < -0.39 is 11.2 Å². The van der Waals surface area contributed by atoms with Gasteiger partial charge in [0.15, 0.2) is 5.78 Å². The lowest BCUT2D eigenvalue weighted by Crippen LogP contribution is -2.37. The van der Waals surface area contributed by atoms with Crippen molar-refractivity contribution in [1.29, 1.82) is 0 Å². The van der Waals surface area contributed by atoms with E-state index in [1.54, 1.807) is 26.0 Å². The van der Waals surface area contributed by atoms with Crippen LogP contribution in [0.3, 0.4) is 0 Å². The van der Waals surface area contributed by atoms with E-state index in [9.17, 15) is 9.59 Å². The van der Waals surface area contributed by atoms with Crippen molar-refractivity contribution in [2.75, 3.05) is 44.6 Å². The average molecular weight is 441 g/mol. The monoisotopic (exact) mass is 440 g/mol. The molecule has 0 unspecified atom stereocenters. The van der Waals surface area contributed by atoms with Gasteiger partial charge >= 0.3 is 5.97 Å². The molecule has 6 heteroatoms. The third-order valence-corrected chi connectivity index (χ3v) is 5.35. The molecule has 0 radical (unpaired) electrons. The van der Waals surface area contributed by atoms with Crippen molar-refractivity contribution >= 4 is 23.1 Å². The molecule has 2 aromatic carbocycles. The lowest BCUT2D eigenvalue weighted by molar-refractivity contribution is -0.0438. The van der Waals surface area contributed by atoms with Gasteiger partial charge in [-0.15, -0.1) is 0 Å². The molecular weight excluding hydrogens is 404 g/mol. The Balaban J connectivity index is 1.92. The number of ether oxygens (including phenoxy) is 2. The minimum absolute atomic E-state index is 0.0846. The summed E-state index contributed by atoms with van der Waals surface area (Å²) in [5, 5.41) is 0. The molecule has 0 N–H and O–H groups in total. The number of nitrogens with zero attached hydrogens (tertiary/aromatic N) is 2. The maximum Gasteiger partial charge on any atom is 0.338 e. The standard InChI is InChI=1S/C26H36N2O4/c1-25(2,32-24(30)20-11-15-22(16-12-20)28(7)8)17-18-31-26(3,4)23(29)19-9-13-21(14-10-19)27(5)6/h9-16H,17-18H2,1-8H3. The van der Waals surface area contributed by atoms with Crippen molar-refractivity contribution in [3.8, 4) is 0 Å². The molecule has 0 amide bonds. The van der Waals surface area contributed by atoms with Crippen LogP contribution in [-0.4, -0.2) is 57.8 Å². The highest BCUT2D eigenvalue weighted by molar-refractivity contribution is 6.02. The first kappa shape index (κ1) is 25.4. The van der Waals surface area contributed by atoms with Gasteiger partial charge in [0.2, 0.25) is 0 Å². The zero-order valence-electron chi connectivity index (χ0n) is 20.6. The molecule has 0 spiro atoms. The zero-order chi connectivity index (χ0) is 24.1. The number of hydrogen-bond donors (Lipinski definition) is 0. The van der Waals surface area contributed by atoms with Gasteiger partial charge in [-0.1, -0.05) is 0 Å². The normalized spacial score (nSPS) is 11.8. The average Bonchev–Trinajstić information content (AvgIpc) is 2.72. The number of carbonyl (C=O) groups excluding carboxylic acids is 2. The third kappa shape index (κ3) is 6.82. The van der Waals surface area contributed by atoms with Crippen LogP contribution in [0, 0.1) is 0 Å². The van der Waals surface area contributed by atoms with Gasteiger partial charge in [0.05, 0.1) is 12.2 Å². The fourth-order valence-electron chi connectivity index (χ4n) is 3.13. The maximum absolute atomic E-state index is 12.9. The number of ketones is 1. The topological polar surface area (TPSA) is 59.1 Å². The van der Waals surface area contributed by atoms with Crippen LogP contribution in [0.4, 0.5) is 11.4 Å². The third-order valence-electron chi connectivity index (χ3n) is 5.35. The van der Waals surface area contributed by atoms with Crippen molar-refractivity contribution in [3.05, 3.63) is 59.7 Å². The summed E-state index contributed by atoms with van der Waals surface area (Å²) >= 11 is 0. The van der Waals surface area contributed by atoms with Gasteiger partial charge in [-0.25, -0.2) is 4.79 Å². The molecule has 0 atom stereocenters. The summed E-state index contributed by atoms with van der Waals surface area (Å²) in [5.41, 5.74) is 1.43. The summed E-state index contributed by atoms with van der Waals surface area (Å²) in [7, 11) is 7.80. The number of carbonyl (C=O) groups is 2. The van der Waals surface area contributed by atoms with E-state index in [-0.39, 0.29) is 18.4 Å². The summed E-state index contributed by atoms with van der Waals surface area (Å²) in [6, 6.07) is 14.7. The second-order valence-corrected chi connectivity index (χ2v) is 9.47. The van der Waals surface area contributed by atoms with Crippen molar-refractivity contribution in [1.82, 2.24) is 0 Å². The highest BCUT2D eigenvalue weighted by atomic mass is 16.6. The lowest BCUT2D eigenvalue weighted by atomic mass is 9.96. The van der Waals surface area contributed by atoms with Gasteiger partial charge in [0.25, 0.3) is 0 Å². The van der Waals surface area contributed by atoms with Crippen molar-refractivity contribution < 1.29 is 19.1 Å². The van der Waals surface area contributed by atoms with Crippen LogP contribution in [0.15, 0.2) is 48.5 Å².